The van der Waals surface area contributed by atoms with Gasteiger partial charge >= 0.3 is 20.4 Å². The lowest BCUT2D eigenvalue weighted by Gasteiger charge is -2.27. The summed E-state index contributed by atoms with van der Waals surface area (Å²) in [4.78, 5) is 12.7. The van der Waals surface area contributed by atoms with Crippen LogP contribution in [0.15, 0.2) is 44.0 Å². The minimum atomic E-state index is -4.72. The van der Waals surface area contributed by atoms with E-state index in [0.29, 0.717) is 37.5 Å². The highest BCUT2D eigenvalue weighted by Crippen LogP contribution is 2.39. The summed E-state index contributed by atoms with van der Waals surface area (Å²) < 4.78 is 97.9. The van der Waals surface area contributed by atoms with Gasteiger partial charge in [-0.1, -0.05) is 19.8 Å². The lowest BCUT2D eigenvalue weighted by molar-refractivity contribution is -0.137. The third-order valence-corrected chi connectivity index (χ3v) is 9.89. The van der Waals surface area contributed by atoms with Gasteiger partial charge in [-0.15, -0.1) is 0 Å². The molecule has 234 valence electrons. The quantitative estimate of drug-likeness (QED) is 0.0652. The molecule has 0 saturated carbocycles. The van der Waals surface area contributed by atoms with E-state index in [0.717, 1.165) is 18.9 Å². The number of halogens is 5. The zero-order valence-corrected chi connectivity index (χ0v) is 25.5. The number of rotatable bonds is 17. The van der Waals surface area contributed by atoms with Crippen molar-refractivity contribution in [3.63, 3.8) is 0 Å². The van der Waals surface area contributed by atoms with Crippen LogP contribution in [0.5, 0.6) is 5.75 Å². The highest BCUT2D eigenvalue weighted by Gasteiger charge is 2.38. The van der Waals surface area contributed by atoms with Crippen molar-refractivity contribution < 1.29 is 44.4 Å². The molecule has 2 atom stereocenters. The first-order valence-corrected chi connectivity index (χ1v) is 16.9. The second-order valence-electron chi connectivity index (χ2n) is 10.3. The molecular weight excluding hydrogens is 579 g/mol. The van der Waals surface area contributed by atoms with E-state index in [9.17, 15) is 26.7 Å². The van der Waals surface area contributed by atoms with Crippen LogP contribution in [0.3, 0.4) is 0 Å². The molecule has 42 heavy (non-hydrogen) atoms. The Morgan fingerprint density at radius 1 is 0.929 bits per heavy atom. The van der Waals surface area contributed by atoms with E-state index in [1.165, 1.54) is 24.3 Å². The standard InChI is InChI=1S/C30H39F5O6Si/c1-5-8-9-10-22-18-24(30(33,34)35)28(40-22)23-17-20-11-12-21(19-27(20)41-29(23)36)37-15-13-25(31)26(32)14-16-42(4,38-6-2)39-7-3/h11-12,17-19,25-26H,5-10,13-16H2,1-4H3. The summed E-state index contributed by atoms with van der Waals surface area (Å²) in [5, 5.41) is 0.344. The average molecular weight is 619 g/mol. The zero-order chi connectivity index (χ0) is 30.9. The van der Waals surface area contributed by atoms with Gasteiger partial charge in [0.05, 0.1) is 6.61 Å². The molecule has 0 bridgehead atoms. The van der Waals surface area contributed by atoms with E-state index in [1.807, 2.05) is 27.3 Å². The van der Waals surface area contributed by atoms with Crippen molar-refractivity contribution in [2.24, 2.45) is 0 Å². The maximum atomic E-state index is 14.5. The number of hydrogen-bond acceptors (Lipinski definition) is 6. The van der Waals surface area contributed by atoms with Gasteiger partial charge in [-0.25, -0.2) is 13.6 Å². The lowest BCUT2D eigenvalue weighted by atomic mass is 10.1. The summed E-state index contributed by atoms with van der Waals surface area (Å²) in [7, 11) is -2.55. The zero-order valence-electron chi connectivity index (χ0n) is 24.5. The number of benzene rings is 1. The second-order valence-corrected chi connectivity index (χ2v) is 13.6. The molecule has 0 N–H and O–H groups in total. The van der Waals surface area contributed by atoms with Crippen LogP contribution in [0.25, 0.3) is 22.3 Å². The molecule has 2 aromatic heterocycles. The number of alkyl halides is 5. The van der Waals surface area contributed by atoms with E-state index < -0.39 is 44.0 Å². The highest BCUT2D eigenvalue weighted by atomic mass is 28.4. The first-order chi connectivity index (χ1) is 19.9. The molecule has 0 saturated heterocycles. The van der Waals surface area contributed by atoms with Crippen LogP contribution < -0.4 is 10.4 Å². The summed E-state index contributed by atoms with van der Waals surface area (Å²) >= 11 is 0. The minimum absolute atomic E-state index is 0.0285. The van der Waals surface area contributed by atoms with E-state index >= 15 is 0 Å². The maximum Gasteiger partial charge on any atom is 0.420 e. The predicted molar refractivity (Wildman–Crippen MR) is 153 cm³/mol. The van der Waals surface area contributed by atoms with E-state index in [4.69, 9.17) is 22.4 Å². The molecule has 3 aromatic rings. The SMILES string of the molecule is CCCCCc1cc(C(F)(F)F)c(-c2cc3ccc(OCCC(F)C(F)CC[Si](C)(OCC)OCC)cc3oc2=O)o1. The number of fused-ring (bicyclic) bond motifs is 1. The number of aryl methyl sites for hydroxylation is 1. The molecule has 6 nitrogen and oxygen atoms in total. The van der Waals surface area contributed by atoms with Crippen LogP contribution in [0, 0.1) is 0 Å². The molecule has 0 aliphatic rings. The number of furan rings is 1. The van der Waals surface area contributed by atoms with Crippen LogP contribution in [0.4, 0.5) is 22.0 Å². The van der Waals surface area contributed by atoms with Gasteiger partial charge in [-0.3, -0.25) is 0 Å². The maximum absolute atomic E-state index is 14.5. The molecule has 0 amide bonds. The molecule has 12 heteroatoms. The third kappa shape index (κ3) is 9.15. The van der Waals surface area contributed by atoms with Crippen LogP contribution >= 0.6 is 0 Å². The number of unbranched alkanes of at least 4 members (excludes halogenated alkanes) is 2. The molecule has 2 heterocycles. The number of ether oxygens (including phenoxy) is 1. The molecule has 0 fully saturated rings. The fourth-order valence-corrected chi connectivity index (χ4v) is 7.11. The van der Waals surface area contributed by atoms with Crippen molar-refractivity contribution in [2.45, 2.75) is 90.4 Å². The topological polar surface area (TPSA) is 71.0 Å². The summed E-state index contributed by atoms with van der Waals surface area (Å²) in [6.45, 7) is 8.22. The normalized spacial score (nSPS) is 13.9. The van der Waals surface area contributed by atoms with E-state index in [1.54, 1.807) is 0 Å². The smallest absolute Gasteiger partial charge is 0.420 e. The molecule has 2 unspecified atom stereocenters. The Bertz CT molecular complexity index is 1330. The fraction of sp³-hybridized carbons (Fsp3) is 0.567. The van der Waals surface area contributed by atoms with Crippen molar-refractivity contribution in [1.82, 2.24) is 0 Å². The first kappa shape index (κ1) is 33.8. The molecule has 0 aliphatic carbocycles. The molecular formula is C30H39F5O6Si. The highest BCUT2D eigenvalue weighted by molar-refractivity contribution is 6.66. The fourth-order valence-electron chi connectivity index (χ4n) is 4.71. The van der Waals surface area contributed by atoms with E-state index in [2.05, 4.69) is 0 Å². The van der Waals surface area contributed by atoms with Gasteiger partial charge in [0.2, 0.25) is 0 Å². The molecule has 1 aromatic carbocycles. The Labute approximate surface area is 243 Å². The van der Waals surface area contributed by atoms with Crippen LogP contribution in [-0.4, -0.2) is 40.7 Å². The van der Waals surface area contributed by atoms with Crippen molar-refractivity contribution >= 4 is 19.5 Å². The largest absolute Gasteiger partial charge is 0.493 e. The summed E-state index contributed by atoms with van der Waals surface area (Å²) in [6.07, 6.45) is -5.70. The van der Waals surface area contributed by atoms with Gasteiger partial charge in [0.25, 0.3) is 0 Å². The Morgan fingerprint density at radius 3 is 2.26 bits per heavy atom. The Hall–Kier alpha value is -2.70. The summed E-state index contributed by atoms with van der Waals surface area (Å²) in [6, 6.07) is 6.94. The Morgan fingerprint density at radius 2 is 1.62 bits per heavy atom. The third-order valence-electron chi connectivity index (χ3n) is 6.90. The van der Waals surface area contributed by atoms with Gasteiger partial charge in [-0.2, -0.15) is 13.2 Å². The van der Waals surface area contributed by atoms with Gasteiger partial charge in [-0.05, 0) is 63.5 Å². The second kappa shape index (κ2) is 15.2. The molecule has 3 rings (SSSR count). The van der Waals surface area contributed by atoms with Gasteiger partial charge in [0.1, 0.15) is 40.6 Å². The first-order valence-electron chi connectivity index (χ1n) is 14.4. The Balaban J connectivity index is 1.67. The monoisotopic (exact) mass is 618 g/mol. The summed E-state index contributed by atoms with van der Waals surface area (Å²) in [5.74, 6) is -0.193. The lowest BCUT2D eigenvalue weighted by Crippen LogP contribution is -2.39. The van der Waals surface area contributed by atoms with Crippen LogP contribution in [0.2, 0.25) is 12.6 Å². The Kier molecular flexibility index (Phi) is 12.2. The van der Waals surface area contributed by atoms with Gasteiger partial charge in [0.15, 0.2) is 5.76 Å². The minimum Gasteiger partial charge on any atom is -0.493 e. The van der Waals surface area contributed by atoms with E-state index in [-0.39, 0.29) is 42.1 Å². The molecule has 0 aliphatic heterocycles. The van der Waals surface area contributed by atoms with Crippen molar-refractivity contribution in [2.75, 3.05) is 19.8 Å². The predicted octanol–water partition coefficient (Wildman–Crippen LogP) is 8.78. The van der Waals surface area contributed by atoms with Gasteiger partial charge < -0.3 is 22.4 Å². The van der Waals surface area contributed by atoms with Gasteiger partial charge in [0, 0.05) is 37.5 Å². The van der Waals surface area contributed by atoms with Crippen LogP contribution in [-0.2, 0) is 21.4 Å². The number of hydrogen-bond donors (Lipinski definition) is 0. The van der Waals surface area contributed by atoms with Crippen molar-refractivity contribution in [3.05, 3.63) is 52.1 Å². The van der Waals surface area contributed by atoms with Crippen molar-refractivity contribution in [3.8, 4) is 17.1 Å². The average Bonchev–Trinajstić information content (AvgIpc) is 3.36. The summed E-state index contributed by atoms with van der Waals surface area (Å²) in [5.41, 5.74) is -2.30. The van der Waals surface area contributed by atoms with Crippen molar-refractivity contribution in [1.29, 1.82) is 0 Å². The van der Waals surface area contributed by atoms with Crippen LogP contribution in [0.1, 0.15) is 64.2 Å². The molecule has 0 spiro atoms. The molecule has 0 radical (unpaired) electrons.